The number of carbonyl (C=O) groups excluding carboxylic acids is 1. The van der Waals surface area contributed by atoms with E-state index in [1.807, 2.05) is 38.1 Å². The van der Waals surface area contributed by atoms with Crippen molar-refractivity contribution < 1.29 is 14.3 Å². The van der Waals surface area contributed by atoms with Crippen molar-refractivity contribution in [2.45, 2.75) is 19.9 Å². The summed E-state index contributed by atoms with van der Waals surface area (Å²) >= 11 is 11.8. The summed E-state index contributed by atoms with van der Waals surface area (Å²) < 4.78 is 10.8. The SMILES string of the molecule is CCOc1ccc([C@H](C)NC(=O)COc2ccc(Cl)cc2Cl)cc1. The van der Waals surface area contributed by atoms with Crippen LogP contribution in [0.4, 0.5) is 0 Å². The third-order valence-electron chi connectivity index (χ3n) is 3.32. The fraction of sp³-hybridized carbons (Fsp3) is 0.278. The number of nitrogens with one attached hydrogen (secondary N) is 1. The Morgan fingerprint density at radius 3 is 2.46 bits per heavy atom. The van der Waals surface area contributed by atoms with Gasteiger partial charge in [-0.2, -0.15) is 0 Å². The lowest BCUT2D eigenvalue weighted by Crippen LogP contribution is -2.31. The fourth-order valence-electron chi connectivity index (χ4n) is 2.12. The van der Waals surface area contributed by atoms with Gasteiger partial charge in [0, 0.05) is 5.02 Å². The number of amides is 1. The number of benzene rings is 2. The molecule has 24 heavy (non-hydrogen) atoms. The molecule has 1 atom stereocenters. The van der Waals surface area contributed by atoms with Gasteiger partial charge in [-0.05, 0) is 49.7 Å². The molecule has 4 nitrogen and oxygen atoms in total. The number of hydrogen-bond acceptors (Lipinski definition) is 3. The van der Waals surface area contributed by atoms with E-state index >= 15 is 0 Å². The topological polar surface area (TPSA) is 47.6 Å². The van der Waals surface area contributed by atoms with Gasteiger partial charge in [0.15, 0.2) is 6.61 Å². The van der Waals surface area contributed by atoms with Crippen molar-refractivity contribution in [3.63, 3.8) is 0 Å². The minimum absolute atomic E-state index is 0.122. The molecule has 0 aliphatic rings. The van der Waals surface area contributed by atoms with E-state index in [1.165, 1.54) is 0 Å². The first-order chi connectivity index (χ1) is 11.5. The second-order valence-electron chi connectivity index (χ2n) is 5.15. The summed E-state index contributed by atoms with van der Waals surface area (Å²) in [6.07, 6.45) is 0. The van der Waals surface area contributed by atoms with Crippen molar-refractivity contribution in [2.75, 3.05) is 13.2 Å². The van der Waals surface area contributed by atoms with Gasteiger partial charge in [-0.25, -0.2) is 0 Å². The van der Waals surface area contributed by atoms with Crippen LogP contribution in [0.5, 0.6) is 11.5 Å². The van der Waals surface area contributed by atoms with E-state index < -0.39 is 0 Å². The van der Waals surface area contributed by atoms with Crippen LogP contribution in [0.25, 0.3) is 0 Å². The molecule has 0 fully saturated rings. The zero-order chi connectivity index (χ0) is 17.5. The second-order valence-corrected chi connectivity index (χ2v) is 6.00. The van der Waals surface area contributed by atoms with Crippen LogP contribution in [-0.4, -0.2) is 19.1 Å². The summed E-state index contributed by atoms with van der Waals surface area (Å²) in [6, 6.07) is 12.3. The number of carbonyl (C=O) groups is 1. The van der Waals surface area contributed by atoms with Gasteiger partial charge < -0.3 is 14.8 Å². The standard InChI is InChI=1S/C18H19Cl2NO3/c1-3-23-15-7-4-13(5-8-15)12(2)21-18(22)11-24-17-9-6-14(19)10-16(17)20/h4-10,12H,3,11H2,1-2H3,(H,21,22)/t12-/m0/s1. The summed E-state index contributed by atoms with van der Waals surface area (Å²) in [5.74, 6) is 0.993. The van der Waals surface area contributed by atoms with Crippen LogP contribution in [-0.2, 0) is 4.79 Å². The van der Waals surface area contributed by atoms with Crippen LogP contribution in [0.15, 0.2) is 42.5 Å². The molecular formula is C18H19Cl2NO3. The van der Waals surface area contributed by atoms with E-state index in [4.69, 9.17) is 32.7 Å². The van der Waals surface area contributed by atoms with Gasteiger partial charge in [-0.3, -0.25) is 4.79 Å². The van der Waals surface area contributed by atoms with Crippen LogP contribution >= 0.6 is 23.2 Å². The molecule has 1 amide bonds. The fourth-order valence-corrected chi connectivity index (χ4v) is 2.58. The van der Waals surface area contributed by atoms with Crippen molar-refractivity contribution >= 4 is 29.1 Å². The minimum atomic E-state index is -0.234. The molecule has 0 bridgehead atoms. The molecule has 0 radical (unpaired) electrons. The Morgan fingerprint density at radius 1 is 1.12 bits per heavy atom. The lowest BCUT2D eigenvalue weighted by atomic mass is 10.1. The Bertz CT molecular complexity index is 689. The smallest absolute Gasteiger partial charge is 0.258 e. The van der Waals surface area contributed by atoms with Crippen LogP contribution < -0.4 is 14.8 Å². The molecular weight excluding hydrogens is 349 g/mol. The van der Waals surface area contributed by atoms with Crippen molar-refractivity contribution in [3.8, 4) is 11.5 Å². The monoisotopic (exact) mass is 367 g/mol. The highest BCUT2D eigenvalue weighted by Gasteiger charge is 2.11. The van der Waals surface area contributed by atoms with Crippen LogP contribution in [0.2, 0.25) is 10.0 Å². The molecule has 2 aromatic carbocycles. The van der Waals surface area contributed by atoms with Gasteiger partial charge in [0.1, 0.15) is 11.5 Å². The predicted octanol–water partition coefficient (Wildman–Crippen LogP) is 4.65. The lowest BCUT2D eigenvalue weighted by Gasteiger charge is -2.15. The zero-order valence-electron chi connectivity index (χ0n) is 13.5. The summed E-state index contributed by atoms with van der Waals surface area (Å²) in [5.41, 5.74) is 0.983. The molecule has 2 rings (SSSR count). The Kier molecular flexibility index (Phi) is 6.76. The van der Waals surface area contributed by atoms with Gasteiger partial charge in [0.05, 0.1) is 17.7 Å². The molecule has 0 spiro atoms. The first kappa shape index (κ1) is 18.4. The lowest BCUT2D eigenvalue weighted by molar-refractivity contribution is -0.123. The van der Waals surface area contributed by atoms with E-state index in [1.54, 1.807) is 18.2 Å². The van der Waals surface area contributed by atoms with E-state index in [2.05, 4.69) is 5.32 Å². The van der Waals surface area contributed by atoms with Crippen LogP contribution in [0.1, 0.15) is 25.5 Å². The maximum Gasteiger partial charge on any atom is 0.258 e. The molecule has 0 aliphatic heterocycles. The summed E-state index contributed by atoms with van der Waals surface area (Å²) in [7, 11) is 0. The van der Waals surface area contributed by atoms with Gasteiger partial charge >= 0.3 is 0 Å². The first-order valence-corrected chi connectivity index (χ1v) is 8.35. The average Bonchev–Trinajstić information content (AvgIpc) is 2.55. The number of halogens is 2. The predicted molar refractivity (Wildman–Crippen MR) is 96.1 cm³/mol. The van der Waals surface area contributed by atoms with E-state index in [0.29, 0.717) is 22.4 Å². The molecule has 0 unspecified atom stereocenters. The quantitative estimate of drug-likeness (QED) is 0.774. The number of ether oxygens (including phenoxy) is 2. The molecule has 2 aromatic rings. The van der Waals surface area contributed by atoms with Gasteiger partial charge in [-0.15, -0.1) is 0 Å². The second kappa shape index (κ2) is 8.81. The molecule has 0 heterocycles. The van der Waals surface area contributed by atoms with Gasteiger partial charge in [-0.1, -0.05) is 35.3 Å². The highest BCUT2D eigenvalue weighted by atomic mass is 35.5. The van der Waals surface area contributed by atoms with E-state index in [0.717, 1.165) is 11.3 Å². The first-order valence-electron chi connectivity index (χ1n) is 7.59. The van der Waals surface area contributed by atoms with Gasteiger partial charge in [0.2, 0.25) is 0 Å². The molecule has 0 saturated carbocycles. The maximum absolute atomic E-state index is 12.0. The van der Waals surface area contributed by atoms with Crippen LogP contribution in [0.3, 0.4) is 0 Å². The third-order valence-corrected chi connectivity index (χ3v) is 3.85. The van der Waals surface area contributed by atoms with E-state index in [9.17, 15) is 4.79 Å². The largest absolute Gasteiger partial charge is 0.494 e. The normalized spacial score (nSPS) is 11.7. The summed E-state index contributed by atoms with van der Waals surface area (Å²) in [6.45, 7) is 4.34. The van der Waals surface area contributed by atoms with Gasteiger partial charge in [0.25, 0.3) is 5.91 Å². The Hall–Kier alpha value is -1.91. The molecule has 6 heteroatoms. The highest BCUT2D eigenvalue weighted by molar-refractivity contribution is 6.35. The van der Waals surface area contributed by atoms with E-state index in [-0.39, 0.29) is 18.6 Å². The zero-order valence-corrected chi connectivity index (χ0v) is 15.0. The highest BCUT2D eigenvalue weighted by Crippen LogP contribution is 2.27. The Labute approximate surface area is 151 Å². The number of hydrogen-bond donors (Lipinski definition) is 1. The summed E-state index contributed by atoms with van der Waals surface area (Å²) in [4.78, 5) is 12.0. The van der Waals surface area contributed by atoms with Crippen molar-refractivity contribution in [3.05, 3.63) is 58.1 Å². The maximum atomic E-state index is 12.0. The third kappa shape index (κ3) is 5.32. The Morgan fingerprint density at radius 2 is 1.83 bits per heavy atom. The molecule has 0 aliphatic carbocycles. The molecule has 1 N–H and O–H groups in total. The van der Waals surface area contributed by atoms with Crippen molar-refractivity contribution in [1.82, 2.24) is 5.32 Å². The number of rotatable bonds is 7. The van der Waals surface area contributed by atoms with Crippen molar-refractivity contribution in [2.24, 2.45) is 0 Å². The van der Waals surface area contributed by atoms with Crippen LogP contribution in [0, 0.1) is 0 Å². The average molecular weight is 368 g/mol. The minimum Gasteiger partial charge on any atom is -0.494 e. The molecule has 0 saturated heterocycles. The van der Waals surface area contributed by atoms with Crippen molar-refractivity contribution in [1.29, 1.82) is 0 Å². The molecule has 0 aromatic heterocycles. The molecule has 128 valence electrons. The Balaban J connectivity index is 1.87. The summed E-state index contributed by atoms with van der Waals surface area (Å²) in [5, 5.41) is 3.76.